The number of carbonyl (C=O) groups is 1. The maximum Gasteiger partial charge on any atom is 0.509 e. The van der Waals surface area contributed by atoms with Crippen LogP contribution in [0.2, 0.25) is 0 Å². The molecule has 5 unspecified atom stereocenters. The highest BCUT2D eigenvalue weighted by Crippen LogP contribution is 2.60. The van der Waals surface area contributed by atoms with Gasteiger partial charge in [0.2, 0.25) is 0 Å². The van der Waals surface area contributed by atoms with Gasteiger partial charge in [-0.05, 0) is 43.4 Å². The minimum atomic E-state index is -0.429. The van der Waals surface area contributed by atoms with Crippen molar-refractivity contribution >= 4 is 6.16 Å². The molecule has 0 radical (unpaired) electrons. The first kappa shape index (κ1) is 7.55. The summed E-state index contributed by atoms with van der Waals surface area (Å²) in [5, 5.41) is 0. The second kappa shape index (κ2) is 2.26. The Hall–Kier alpha value is -0.730. The number of hydrogen-bond acceptors (Lipinski definition) is 3. The van der Waals surface area contributed by atoms with Crippen LogP contribution in [0.4, 0.5) is 4.79 Å². The molecule has 1 aliphatic heterocycles. The molecule has 3 heteroatoms. The van der Waals surface area contributed by atoms with Gasteiger partial charge in [-0.2, -0.15) is 0 Å². The number of ether oxygens (including phenoxy) is 2. The molecule has 4 aliphatic rings. The third-order valence-corrected chi connectivity index (χ3v) is 4.89. The van der Waals surface area contributed by atoms with Gasteiger partial charge >= 0.3 is 6.16 Å². The van der Waals surface area contributed by atoms with Crippen molar-refractivity contribution in [3.63, 3.8) is 0 Å². The first-order valence-corrected chi connectivity index (χ1v) is 5.70. The van der Waals surface area contributed by atoms with Crippen molar-refractivity contribution in [2.24, 2.45) is 23.7 Å². The molecule has 4 fully saturated rings. The predicted molar refractivity (Wildman–Crippen MR) is 47.6 cm³/mol. The highest BCUT2D eigenvalue weighted by Gasteiger charge is 2.61. The molecule has 3 saturated carbocycles. The van der Waals surface area contributed by atoms with E-state index in [9.17, 15) is 4.79 Å². The lowest BCUT2D eigenvalue weighted by Gasteiger charge is -2.26. The second-order valence-corrected chi connectivity index (χ2v) is 5.30. The van der Waals surface area contributed by atoms with E-state index in [2.05, 4.69) is 0 Å². The van der Waals surface area contributed by atoms with Crippen LogP contribution in [0.5, 0.6) is 0 Å². The van der Waals surface area contributed by atoms with Crippen molar-refractivity contribution in [1.29, 1.82) is 0 Å². The Morgan fingerprint density at radius 1 is 1.07 bits per heavy atom. The van der Waals surface area contributed by atoms with Crippen molar-refractivity contribution in [2.45, 2.75) is 37.9 Å². The van der Waals surface area contributed by atoms with Gasteiger partial charge < -0.3 is 9.47 Å². The summed E-state index contributed by atoms with van der Waals surface area (Å²) in [5.41, 5.74) is 0. The second-order valence-electron chi connectivity index (χ2n) is 5.30. The highest BCUT2D eigenvalue weighted by molar-refractivity contribution is 5.63. The number of carbonyl (C=O) groups excluding carboxylic acids is 1. The Kier molecular flexibility index (Phi) is 1.22. The molecule has 1 heterocycles. The van der Waals surface area contributed by atoms with Gasteiger partial charge in [-0.1, -0.05) is 0 Å². The lowest BCUT2D eigenvalue weighted by atomic mass is 9.81. The van der Waals surface area contributed by atoms with Gasteiger partial charge in [0.15, 0.2) is 0 Å². The summed E-state index contributed by atoms with van der Waals surface area (Å²) in [6, 6.07) is 0. The third kappa shape index (κ3) is 0.733. The largest absolute Gasteiger partial charge is 0.509 e. The minimum absolute atomic E-state index is 0.0981. The van der Waals surface area contributed by atoms with E-state index in [4.69, 9.17) is 9.47 Å². The van der Waals surface area contributed by atoms with Gasteiger partial charge in [-0.25, -0.2) is 4.79 Å². The van der Waals surface area contributed by atoms with E-state index in [0.717, 1.165) is 24.2 Å². The molecule has 0 aromatic carbocycles. The smallest absolute Gasteiger partial charge is 0.427 e. The average molecular weight is 194 g/mol. The molecule has 0 amide bonds. The zero-order valence-electron chi connectivity index (χ0n) is 8.02. The normalized spacial score (nSPS) is 58.1. The summed E-state index contributed by atoms with van der Waals surface area (Å²) in [6.45, 7) is 0. The Balaban J connectivity index is 1.68. The van der Waals surface area contributed by atoms with Crippen LogP contribution < -0.4 is 0 Å². The van der Waals surface area contributed by atoms with E-state index in [0.29, 0.717) is 5.92 Å². The first-order valence-electron chi connectivity index (χ1n) is 5.70. The molecule has 76 valence electrons. The zero-order valence-corrected chi connectivity index (χ0v) is 8.02. The molecule has 0 aromatic heterocycles. The van der Waals surface area contributed by atoms with Crippen LogP contribution in [0.25, 0.3) is 0 Å². The quantitative estimate of drug-likeness (QED) is 0.553. The summed E-state index contributed by atoms with van der Waals surface area (Å²) in [5.74, 6) is 3.19. The summed E-state index contributed by atoms with van der Waals surface area (Å²) in [4.78, 5) is 11.0. The Morgan fingerprint density at radius 3 is 2.86 bits per heavy atom. The fraction of sp³-hybridized carbons (Fsp3) is 0.909. The van der Waals surface area contributed by atoms with E-state index in [1.807, 2.05) is 0 Å². The molecule has 14 heavy (non-hydrogen) atoms. The number of fused-ring (bicyclic) bond motifs is 7. The van der Waals surface area contributed by atoms with Crippen LogP contribution in [0.3, 0.4) is 0 Å². The highest BCUT2D eigenvalue weighted by atomic mass is 16.8. The lowest BCUT2D eigenvalue weighted by molar-refractivity contribution is 0.0710. The van der Waals surface area contributed by atoms with Crippen LogP contribution >= 0.6 is 0 Å². The Bertz CT molecular complexity index is 301. The van der Waals surface area contributed by atoms with Crippen LogP contribution in [0.1, 0.15) is 25.7 Å². The first-order chi connectivity index (χ1) is 6.83. The molecule has 0 spiro atoms. The maximum atomic E-state index is 11.0. The fourth-order valence-electron chi connectivity index (χ4n) is 4.50. The molecule has 3 nitrogen and oxygen atoms in total. The van der Waals surface area contributed by atoms with Crippen molar-refractivity contribution in [3.8, 4) is 0 Å². The fourth-order valence-corrected chi connectivity index (χ4v) is 4.50. The van der Waals surface area contributed by atoms with Gasteiger partial charge in [0.1, 0.15) is 12.2 Å². The van der Waals surface area contributed by atoms with E-state index < -0.39 is 6.16 Å². The standard InChI is InChI=1S/C11H14O3/c12-11-13-8-4-7-5-1-2-6(3-5)9(7)10(8)14-11/h5-10H,1-4H2/t5?,6?,7?,8-,9?,10?/m0/s1. The van der Waals surface area contributed by atoms with Crippen LogP contribution in [-0.4, -0.2) is 18.4 Å². The van der Waals surface area contributed by atoms with Gasteiger partial charge in [0.05, 0.1) is 0 Å². The summed E-state index contributed by atoms with van der Waals surface area (Å²) < 4.78 is 10.5. The van der Waals surface area contributed by atoms with Crippen LogP contribution in [-0.2, 0) is 9.47 Å². The third-order valence-electron chi connectivity index (χ3n) is 4.89. The predicted octanol–water partition coefficient (Wildman–Crippen LogP) is 1.96. The van der Waals surface area contributed by atoms with Gasteiger partial charge in [-0.3, -0.25) is 0 Å². The monoisotopic (exact) mass is 194 g/mol. The Morgan fingerprint density at radius 2 is 1.93 bits per heavy atom. The van der Waals surface area contributed by atoms with Crippen molar-refractivity contribution in [2.75, 3.05) is 0 Å². The van der Waals surface area contributed by atoms with E-state index in [1.54, 1.807) is 0 Å². The zero-order chi connectivity index (χ0) is 9.28. The molecule has 0 aromatic rings. The van der Waals surface area contributed by atoms with Gasteiger partial charge in [0, 0.05) is 5.92 Å². The average Bonchev–Trinajstić information content (AvgIpc) is 2.78. The van der Waals surface area contributed by atoms with E-state index in [-0.39, 0.29) is 12.2 Å². The van der Waals surface area contributed by atoms with Crippen LogP contribution in [0, 0.1) is 23.7 Å². The van der Waals surface area contributed by atoms with Crippen molar-refractivity contribution in [1.82, 2.24) is 0 Å². The topological polar surface area (TPSA) is 35.5 Å². The molecule has 4 rings (SSSR count). The number of hydrogen-bond donors (Lipinski definition) is 0. The minimum Gasteiger partial charge on any atom is -0.427 e. The molecule has 6 atom stereocenters. The summed E-state index contributed by atoms with van der Waals surface area (Å²) >= 11 is 0. The van der Waals surface area contributed by atoms with Gasteiger partial charge in [-0.15, -0.1) is 0 Å². The summed E-state index contributed by atoms with van der Waals surface area (Å²) in [7, 11) is 0. The lowest BCUT2D eigenvalue weighted by Crippen LogP contribution is -2.28. The van der Waals surface area contributed by atoms with Crippen LogP contribution in [0.15, 0.2) is 0 Å². The molecular weight excluding hydrogens is 180 g/mol. The maximum absolute atomic E-state index is 11.0. The molecular formula is C11H14O3. The summed E-state index contributed by atoms with van der Waals surface area (Å²) in [6.07, 6.45) is 4.99. The van der Waals surface area contributed by atoms with E-state index >= 15 is 0 Å². The molecule has 3 aliphatic carbocycles. The van der Waals surface area contributed by atoms with Crippen molar-refractivity contribution in [3.05, 3.63) is 0 Å². The molecule has 0 N–H and O–H groups in total. The molecule has 1 saturated heterocycles. The Labute approximate surface area is 82.8 Å². The van der Waals surface area contributed by atoms with Gasteiger partial charge in [0.25, 0.3) is 0 Å². The number of rotatable bonds is 0. The van der Waals surface area contributed by atoms with E-state index in [1.165, 1.54) is 19.3 Å². The molecule has 2 bridgehead atoms. The van der Waals surface area contributed by atoms with Crippen molar-refractivity contribution < 1.29 is 14.3 Å². The SMILES string of the molecule is O=C1OC2C3C4CCC(C4)C3C[C@@H]2O1.